The summed E-state index contributed by atoms with van der Waals surface area (Å²) in [4.78, 5) is 0. The zero-order valence-corrected chi connectivity index (χ0v) is 16.4. The standard InChI is InChI=1S/C24H31NO2/c1-4-6-8-15-24(25)20-27-21(3)19-22(5-2)14-11-17-26-18-16-23-12-9-7-10-13-23/h4,6-15,17,19H,1,5,16,18,20,25H2,2-3H3/b8-6-,17-11+,21-19+,22-14-,24-15-. The van der Waals surface area contributed by atoms with Gasteiger partial charge in [0.05, 0.1) is 18.6 Å². The summed E-state index contributed by atoms with van der Waals surface area (Å²) in [6.45, 7) is 8.67. The number of hydrogen-bond donors (Lipinski definition) is 1. The van der Waals surface area contributed by atoms with Gasteiger partial charge in [-0.2, -0.15) is 0 Å². The van der Waals surface area contributed by atoms with Crippen LogP contribution < -0.4 is 5.73 Å². The molecule has 0 saturated carbocycles. The summed E-state index contributed by atoms with van der Waals surface area (Å²) in [7, 11) is 0. The van der Waals surface area contributed by atoms with Crippen LogP contribution in [0.5, 0.6) is 0 Å². The molecule has 0 aromatic heterocycles. The van der Waals surface area contributed by atoms with Gasteiger partial charge in [-0.25, -0.2) is 0 Å². The normalized spacial score (nSPS) is 13.3. The van der Waals surface area contributed by atoms with Crippen LogP contribution in [0.15, 0.2) is 103 Å². The van der Waals surface area contributed by atoms with E-state index in [1.165, 1.54) is 5.56 Å². The summed E-state index contributed by atoms with van der Waals surface area (Å²) in [6, 6.07) is 10.3. The molecule has 0 saturated heterocycles. The lowest BCUT2D eigenvalue weighted by molar-refractivity contribution is 0.240. The van der Waals surface area contributed by atoms with Gasteiger partial charge in [-0.3, -0.25) is 0 Å². The monoisotopic (exact) mass is 365 g/mol. The van der Waals surface area contributed by atoms with Gasteiger partial charge in [-0.05, 0) is 42.7 Å². The van der Waals surface area contributed by atoms with E-state index in [-0.39, 0.29) is 0 Å². The fraction of sp³-hybridized carbons (Fsp3) is 0.250. The van der Waals surface area contributed by atoms with Gasteiger partial charge in [0, 0.05) is 12.1 Å². The Morgan fingerprint density at radius 2 is 1.89 bits per heavy atom. The van der Waals surface area contributed by atoms with Crippen molar-refractivity contribution in [2.24, 2.45) is 5.73 Å². The minimum atomic E-state index is 0.360. The number of benzene rings is 1. The van der Waals surface area contributed by atoms with Crippen molar-refractivity contribution in [3.63, 3.8) is 0 Å². The van der Waals surface area contributed by atoms with E-state index in [0.717, 1.165) is 24.2 Å². The largest absolute Gasteiger partial charge is 0.501 e. The van der Waals surface area contributed by atoms with Gasteiger partial charge >= 0.3 is 0 Å². The van der Waals surface area contributed by atoms with Gasteiger partial charge in [0.25, 0.3) is 0 Å². The smallest absolute Gasteiger partial charge is 0.127 e. The lowest BCUT2D eigenvalue weighted by atomic mass is 10.1. The molecule has 0 unspecified atom stereocenters. The Balaban J connectivity index is 2.41. The molecule has 1 rings (SSSR count). The molecule has 144 valence electrons. The van der Waals surface area contributed by atoms with Crippen LogP contribution in [0.3, 0.4) is 0 Å². The Bertz CT molecular complexity index is 694. The molecule has 0 fully saturated rings. The molecule has 1 aromatic carbocycles. The van der Waals surface area contributed by atoms with Gasteiger partial charge in [0.2, 0.25) is 0 Å². The maximum Gasteiger partial charge on any atom is 0.127 e. The van der Waals surface area contributed by atoms with Crippen molar-refractivity contribution in [1.29, 1.82) is 0 Å². The van der Waals surface area contributed by atoms with Crippen molar-refractivity contribution in [1.82, 2.24) is 0 Å². The van der Waals surface area contributed by atoms with Crippen LogP contribution in [0.1, 0.15) is 25.8 Å². The highest BCUT2D eigenvalue weighted by Gasteiger charge is 1.95. The van der Waals surface area contributed by atoms with Crippen LogP contribution in [0, 0.1) is 0 Å². The molecule has 0 aliphatic heterocycles. The van der Waals surface area contributed by atoms with Crippen LogP contribution in [-0.2, 0) is 15.9 Å². The van der Waals surface area contributed by atoms with Crippen LogP contribution in [0.4, 0.5) is 0 Å². The minimum Gasteiger partial charge on any atom is -0.501 e. The second-order valence-electron chi connectivity index (χ2n) is 5.94. The maximum absolute atomic E-state index is 5.88. The number of nitrogens with two attached hydrogens (primary N) is 1. The van der Waals surface area contributed by atoms with Gasteiger partial charge in [-0.1, -0.05) is 68.1 Å². The molecule has 1 aromatic rings. The summed E-state index contributed by atoms with van der Waals surface area (Å²) >= 11 is 0. The highest BCUT2D eigenvalue weighted by atomic mass is 16.5. The SMILES string of the molecule is C=C/C=C\C=C(/N)CO/C(C)=C/C(=C\C=C\OCCc1ccccc1)CC. The summed E-state index contributed by atoms with van der Waals surface area (Å²) in [5.74, 6) is 0.825. The van der Waals surface area contributed by atoms with Crippen LogP contribution in [-0.4, -0.2) is 13.2 Å². The lowest BCUT2D eigenvalue weighted by Gasteiger charge is -2.07. The Labute approximate surface area is 163 Å². The number of ether oxygens (including phenoxy) is 2. The first-order valence-corrected chi connectivity index (χ1v) is 9.21. The average Bonchev–Trinajstić information content (AvgIpc) is 2.69. The van der Waals surface area contributed by atoms with Gasteiger partial charge < -0.3 is 15.2 Å². The summed E-state index contributed by atoms with van der Waals surface area (Å²) in [5, 5.41) is 0. The Hall–Kier alpha value is -2.94. The molecule has 0 amide bonds. The fourth-order valence-corrected chi connectivity index (χ4v) is 2.18. The van der Waals surface area contributed by atoms with Crippen molar-refractivity contribution >= 4 is 0 Å². The van der Waals surface area contributed by atoms with Crippen molar-refractivity contribution < 1.29 is 9.47 Å². The van der Waals surface area contributed by atoms with Crippen molar-refractivity contribution in [2.75, 3.05) is 13.2 Å². The zero-order valence-electron chi connectivity index (χ0n) is 16.4. The highest BCUT2D eigenvalue weighted by Crippen LogP contribution is 2.09. The van der Waals surface area contributed by atoms with Gasteiger partial charge in [-0.15, -0.1) is 0 Å². The average molecular weight is 366 g/mol. The van der Waals surface area contributed by atoms with E-state index >= 15 is 0 Å². The topological polar surface area (TPSA) is 44.5 Å². The summed E-state index contributed by atoms with van der Waals surface area (Å²) in [6.07, 6.45) is 16.7. The van der Waals surface area contributed by atoms with E-state index in [2.05, 4.69) is 25.6 Å². The number of hydrogen-bond acceptors (Lipinski definition) is 3. The molecule has 0 aliphatic carbocycles. The molecule has 0 aliphatic rings. The van der Waals surface area contributed by atoms with Crippen LogP contribution >= 0.6 is 0 Å². The molecule has 0 atom stereocenters. The Morgan fingerprint density at radius 1 is 1.11 bits per heavy atom. The first-order valence-electron chi connectivity index (χ1n) is 9.21. The first-order chi connectivity index (χ1) is 13.2. The quantitative estimate of drug-likeness (QED) is 0.298. The predicted molar refractivity (Wildman–Crippen MR) is 115 cm³/mol. The molecule has 3 nitrogen and oxygen atoms in total. The lowest BCUT2D eigenvalue weighted by Crippen LogP contribution is -2.05. The third kappa shape index (κ3) is 11.3. The molecule has 0 bridgehead atoms. The Morgan fingerprint density at radius 3 is 2.59 bits per heavy atom. The molecule has 0 heterocycles. The Kier molecular flexibility index (Phi) is 11.7. The summed E-state index contributed by atoms with van der Waals surface area (Å²) in [5.41, 5.74) is 8.97. The van der Waals surface area contributed by atoms with Crippen LogP contribution in [0.2, 0.25) is 0 Å². The predicted octanol–water partition coefficient (Wildman–Crippen LogP) is 5.60. The van der Waals surface area contributed by atoms with E-state index in [0.29, 0.717) is 18.9 Å². The van der Waals surface area contributed by atoms with Gasteiger partial charge in [0.1, 0.15) is 6.61 Å². The van der Waals surface area contributed by atoms with Gasteiger partial charge in [0.15, 0.2) is 0 Å². The zero-order chi connectivity index (χ0) is 19.7. The first kappa shape index (κ1) is 22.1. The molecule has 0 radical (unpaired) electrons. The maximum atomic E-state index is 5.88. The highest BCUT2D eigenvalue weighted by molar-refractivity contribution is 5.24. The molecular formula is C24H31NO2. The summed E-state index contributed by atoms with van der Waals surface area (Å²) < 4.78 is 11.2. The molecule has 0 spiro atoms. The van der Waals surface area contributed by atoms with E-state index in [9.17, 15) is 0 Å². The third-order valence-corrected chi connectivity index (χ3v) is 3.66. The number of rotatable bonds is 12. The van der Waals surface area contributed by atoms with E-state index in [1.807, 2.05) is 55.5 Å². The van der Waals surface area contributed by atoms with Crippen molar-refractivity contribution in [2.45, 2.75) is 26.7 Å². The molecular weight excluding hydrogens is 334 g/mol. The van der Waals surface area contributed by atoms with E-state index in [1.54, 1.807) is 18.4 Å². The third-order valence-electron chi connectivity index (χ3n) is 3.66. The molecule has 3 heteroatoms. The number of allylic oxidation sites excluding steroid dienone is 9. The molecule has 27 heavy (non-hydrogen) atoms. The second-order valence-corrected chi connectivity index (χ2v) is 5.94. The van der Waals surface area contributed by atoms with E-state index in [4.69, 9.17) is 15.2 Å². The van der Waals surface area contributed by atoms with Crippen molar-refractivity contribution in [3.8, 4) is 0 Å². The van der Waals surface area contributed by atoms with Crippen LogP contribution in [0.25, 0.3) is 0 Å². The second kappa shape index (κ2) is 14.3. The fourth-order valence-electron chi connectivity index (χ4n) is 2.18. The minimum absolute atomic E-state index is 0.360. The van der Waals surface area contributed by atoms with Crippen molar-refractivity contribution in [3.05, 3.63) is 108 Å². The molecule has 2 N–H and O–H groups in total. The van der Waals surface area contributed by atoms with E-state index < -0.39 is 0 Å².